The van der Waals surface area contributed by atoms with Crippen molar-refractivity contribution in [3.8, 4) is 5.75 Å². The number of nitrogens with one attached hydrogen (secondary N) is 1. The van der Waals surface area contributed by atoms with Crippen LogP contribution in [0.5, 0.6) is 5.75 Å². The molecule has 0 aliphatic carbocycles. The number of hydrogen-bond donors (Lipinski definition) is 1. The third-order valence-electron chi connectivity index (χ3n) is 3.39. The highest BCUT2D eigenvalue weighted by atomic mass is 35.5. The lowest BCUT2D eigenvalue weighted by molar-refractivity contribution is 0.258. The Morgan fingerprint density at radius 2 is 2.10 bits per heavy atom. The van der Waals surface area contributed by atoms with Crippen molar-refractivity contribution >= 4 is 11.6 Å². The third-order valence-corrected chi connectivity index (χ3v) is 3.65. The maximum atomic E-state index is 5.87. The topological polar surface area (TPSA) is 39.1 Å². The van der Waals surface area contributed by atoms with E-state index in [1.807, 2.05) is 43.7 Å². The van der Waals surface area contributed by atoms with Gasteiger partial charge >= 0.3 is 0 Å². The first-order valence-electron chi connectivity index (χ1n) is 7.27. The fourth-order valence-corrected chi connectivity index (χ4v) is 2.33. The first-order valence-corrected chi connectivity index (χ1v) is 7.64. The first kappa shape index (κ1) is 15.9. The van der Waals surface area contributed by atoms with Crippen molar-refractivity contribution in [2.75, 3.05) is 13.2 Å². The minimum atomic E-state index is 0.308. The monoisotopic (exact) mass is 307 g/mol. The summed E-state index contributed by atoms with van der Waals surface area (Å²) in [5.41, 5.74) is 0. The van der Waals surface area contributed by atoms with Crippen molar-refractivity contribution in [1.82, 2.24) is 14.9 Å². The molecule has 0 amide bonds. The number of ether oxygens (including phenoxy) is 1. The Morgan fingerprint density at radius 3 is 2.71 bits per heavy atom. The van der Waals surface area contributed by atoms with Gasteiger partial charge in [0.25, 0.3) is 0 Å². The number of halogens is 1. The van der Waals surface area contributed by atoms with Crippen LogP contribution in [-0.2, 0) is 13.5 Å². The molecule has 0 bridgehead atoms. The van der Waals surface area contributed by atoms with E-state index in [1.54, 1.807) is 0 Å². The third kappa shape index (κ3) is 5.06. The van der Waals surface area contributed by atoms with Gasteiger partial charge in [0, 0.05) is 36.9 Å². The fraction of sp³-hybridized carbons (Fsp3) is 0.438. The predicted molar refractivity (Wildman–Crippen MR) is 85.9 cm³/mol. The molecule has 0 saturated heterocycles. The van der Waals surface area contributed by atoms with Gasteiger partial charge in [-0.3, -0.25) is 0 Å². The number of benzene rings is 1. The second kappa shape index (κ2) is 8.05. The van der Waals surface area contributed by atoms with Crippen LogP contribution in [0.3, 0.4) is 0 Å². The molecule has 0 aliphatic heterocycles. The minimum absolute atomic E-state index is 0.308. The van der Waals surface area contributed by atoms with Crippen molar-refractivity contribution < 1.29 is 4.74 Å². The van der Waals surface area contributed by atoms with E-state index in [9.17, 15) is 0 Å². The van der Waals surface area contributed by atoms with E-state index in [1.165, 1.54) is 0 Å². The van der Waals surface area contributed by atoms with Gasteiger partial charge in [-0.2, -0.15) is 0 Å². The Bertz CT molecular complexity index is 539. The zero-order chi connectivity index (χ0) is 15.1. The van der Waals surface area contributed by atoms with Crippen molar-refractivity contribution in [3.05, 3.63) is 47.5 Å². The number of aromatic nitrogens is 2. The standard InChI is InChI=1S/C16H22ClN3O/c1-3-18-14(6-9-16-19-10-11-20(16)2)12-21-15-7-4-13(17)5-8-15/h4-5,7-8,10-11,14,18H,3,6,9,12H2,1-2H3. The second-order valence-corrected chi connectivity index (χ2v) is 5.45. The molecule has 4 nitrogen and oxygen atoms in total. The summed E-state index contributed by atoms with van der Waals surface area (Å²) < 4.78 is 7.89. The maximum Gasteiger partial charge on any atom is 0.119 e. The molecule has 1 atom stereocenters. The van der Waals surface area contributed by atoms with Crippen LogP contribution in [0.2, 0.25) is 5.02 Å². The van der Waals surface area contributed by atoms with Crippen LogP contribution in [0.4, 0.5) is 0 Å². The molecular weight excluding hydrogens is 286 g/mol. The lowest BCUT2D eigenvalue weighted by Crippen LogP contribution is -2.35. The largest absolute Gasteiger partial charge is 0.492 e. The number of imidazole rings is 1. The SMILES string of the molecule is CCNC(CCc1nccn1C)COc1ccc(Cl)cc1. The van der Waals surface area contributed by atoms with Gasteiger partial charge < -0.3 is 14.6 Å². The molecular formula is C16H22ClN3O. The van der Waals surface area contributed by atoms with Crippen molar-refractivity contribution in [2.45, 2.75) is 25.8 Å². The molecule has 0 radical (unpaired) electrons. The minimum Gasteiger partial charge on any atom is -0.492 e. The van der Waals surface area contributed by atoms with Crippen LogP contribution in [0.25, 0.3) is 0 Å². The average Bonchev–Trinajstić information content (AvgIpc) is 2.89. The van der Waals surface area contributed by atoms with Crippen LogP contribution in [0.15, 0.2) is 36.7 Å². The Hall–Kier alpha value is -1.52. The molecule has 1 N–H and O–H groups in total. The molecule has 0 saturated carbocycles. The van der Waals surface area contributed by atoms with Crippen LogP contribution in [0.1, 0.15) is 19.2 Å². The van der Waals surface area contributed by atoms with Crippen LogP contribution in [-0.4, -0.2) is 28.7 Å². The van der Waals surface area contributed by atoms with Crippen molar-refractivity contribution in [3.63, 3.8) is 0 Å². The van der Waals surface area contributed by atoms with E-state index in [-0.39, 0.29) is 0 Å². The summed E-state index contributed by atoms with van der Waals surface area (Å²) in [6.45, 7) is 3.67. The highest BCUT2D eigenvalue weighted by Crippen LogP contribution is 2.16. The van der Waals surface area contributed by atoms with Gasteiger partial charge in [0.05, 0.1) is 0 Å². The molecule has 1 aromatic heterocycles. The van der Waals surface area contributed by atoms with Gasteiger partial charge in [0.2, 0.25) is 0 Å². The van der Waals surface area contributed by atoms with Gasteiger partial charge in [-0.1, -0.05) is 18.5 Å². The molecule has 5 heteroatoms. The van der Waals surface area contributed by atoms with E-state index in [0.29, 0.717) is 12.6 Å². The van der Waals surface area contributed by atoms with Gasteiger partial charge in [-0.05, 0) is 37.2 Å². The average molecular weight is 308 g/mol. The summed E-state index contributed by atoms with van der Waals surface area (Å²) in [6.07, 6.45) is 5.74. The molecule has 1 aromatic carbocycles. The molecule has 21 heavy (non-hydrogen) atoms. The summed E-state index contributed by atoms with van der Waals surface area (Å²) >= 11 is 5.87. The predicted octanol–water partition coefficient (Wildman–Crippen LogP) is 3.06. The van der Waals surface area contributed by atoms with E-state index in [4.69, 9.17) is 16.3 Å². The molecule has 0 spiro atoms. The number of nitrogens with zero attached hydrogens (tertiary/aromatic N) is 2. The fourth-order valence-electron chi connectivity index (χ4n) is 2.20. The summed E-state index contributed by atoms with van der Waals surface area (Å²) in [7, 11) is 2.02. The molecule has 0 fully saturated rings. The molecule has 1 unspecified atom stereocenters. The normalized spacial score (nSPS) is 12.3. The summed E-state index contributed by atoms with van der Waals surface area (Å²) in [5.74, 6) is 1.95. The number of likely N-dealkylation sites (N-methyl/N-ethyl adjacent to an activating group) is 1. The number of aryl methyl sites for hydroxylation is 2. The van der Waals surface area contributed by atoms with Crippen LogP contribution < -0.4 is 10.1 Å². The van der Waals surface area contributed by atoms with E-state index in [2.05, 4.69) is 21.8 Å². The van der Waals surface area contributed by atoms with E-state index >= 15 is 0 Å². The second-order valence-electron chi connectivity index (χ2n) is 5.01. The molecule has 2 aromatic rings. The highest BCUT2D eigenvalue weighted by molar-refractivity contribution is 6.30. The van der Waals surface area contributed by atoms with Gasteiger partial charge in [0.15, 0.2) is 0 Å². The molecule has 114 valence electrons. The first-order chi connectivity index (χ1) is 10.2. The molecule has 0 aliphatic rings. The van der Waals surface area contributed by atoms with Crippen LogP contribution >= 0.6 is 11.6 Å². The number of hydrogen-bond acceptors (Lipinski definition) is 3. The lowest BCUT2D eigenvalue weighted by atomic mass is 10.1. The zero-order valence-corrected chi connectivity index (χ0v) is 13.3. The zero-order valence-electron chi connectivity index (χ0n) is 12.6. The molecule has 2 rings (SSSR count). The van der Waals surface area contributed by atoms with E-state index < -0.39 is 0 Å². The Kier molecular flexibility index (Phi) is 6.08. The van der Waals surface area contributed by atoms with Gasteiger partial charge in [-0.15, -0.1) is 0 Å². The van der Waals surface area contributed by atoms with E-state index in [0.717, 1.165) is 36.0 Å². The Labute approximate surface area is 131 Å². The van der Waals surface area contributed by atoms with Gasteiger partial charge in [0.1, 0.15) is 18.2 Å². The summed E-state index contributed by atoms with van der Waals surface area (Å²) in [4.78, 5) is 4.36. The van der Waals surface area contributed by atoms with Crippen molar-refractivity contribution in [1.29, 1.82) is 0 Å². The van der Waals surface area contributed by atoms with Gasteiger partial charge in [-0.25, -0.2) is 4.98 Å². The van der Waals surface area contributed by atoms with Crippen molar-refractivity contribution in [2.24, 2.45) is 7.05 Å². The Morgan fingerprint density at radius 1 is 1.33 bits per heavy atom. The Balaban J connectivity index is 1.83. The highest BCUT2D eigenvalue weighted by Gasteiger charge is 2.10. The van der Waals surface area contributed by atoms with Crippen LogP contribution in [0, 0.1) is 0 Å². The summed E-state index contributed by atoms with van der Waals surface area (Å²) in [6, 6.07) is 7.77. The lowest BCUT2D eigenvalue weighted by Gasteiger charge is -2.18. The molecule has 1 heterocycles. The quantitative estimate of drug-likeness (QED) is 0.814. The summed E-state index contributed by atoms with van der Waals surface area (Å²) in [5, 5.41) is 4.18. The maximum absolute atomic E-state index is 5.87. The smallest absolute Gasteiger partial charge is 0.119 e. The number of rotatable bonds is 8.